The molecular weight excluding hydrogens is 112 g/mol. The fraction of sp³-hybridized carbons (Fsp3) is 0.625. The van der Waals surface area contributed by atoms with Gasteiger partial charge in [0.2, 0.25) is 0 Å². The van der Waals surface area contributed by atoms with Crippen molar-refractivity contribution in [2.45, 2.75) is 25.4 Å². The van der Waals surface area contributed by atoms with E-state index in [1.807, 2.05) is 0 Å². The van der Waals surface area contributed by atoms with Gasteiger partial charge in [-0.2, -0.15) is 0 Å². The Balaban J connectivity index is 3.22. The summed E-state index contributed by atoms with van der Waals surface area (Å²) in [6.07, 6.45) is 7.83. The number of ether oxygens (including phenoxy) is 1. The Morgan fingerprint density at radius 3 is 2.78 bits per heavy atom. The molecule has 0 N–H and O–H groups in total. The van der Waals surface area contributed by atoms with E-state index in [4.69, 9.17) is 11.2 Å². The van der Waals surface area contributed by atoms with Crippen molar-refractivity contribution in [3.05, 3.63) is 6.92 Å². The first-order valence-electron chi connectivity index (χ1n) is 3.10. The highest BCUT2D eigenvalue weighted by molar-refractivity contribution is 4.84. The highest BCUT2D eigenvalue weighted by atomic mass is 16.5. The summed E-state index contributed by atoms with van der Waals surface area (Å²) in [6.45, 7) is 3.72. The fourth-order valence-electron chi connectivity index (χ4n) is 0.624. The van der Waals surface area contributed by atoms with Gasteiger partial charge in [-0.05, 0) is 12.8 Å². The van der Waals surface area contributed by atoms with Gasteiger partial charge in [-0.1, -0.05) is 6.92 Å². The average Bonchev–Trinajstić information content (AvgIpc) is 1.91. The van der Waals surface area contributed by atoms with Gasteiger partial charge in [0.05, 0.1) is 6.10 Å². The van der Waals surface area contributed by atoms with Crippen LogP contribution in [0.3, 0.4) is 0 Å². The minimum absolute atomic E-state index is 0.251. The van der Waals surface area contributed by atoms with Crippen LogP contribution in [0.1, 0.15) is 19.3 Å². The largest absolute Gasteiger partial charge is 0.381 e. The van der Waals surface area contributed by atoms with Crippen molar-refractivity contribution in [3.63, 3.8) is 0 Å². The van der Waals surface area contributed by atoms with Crippen molar-refractivity contribution in [2.24, 2.45) is 0 Å². The van der Waals surface area contributed by atoms with E-state index in [1.165, 1.54) is 0 Å². The molecule has 1 nitrogen and oxygen atoms in total. The zero-order valence-corrected chi connectivity index (χ0v) is 5.89. The maximum Gasteiger partial charge on any atom is 0.0580 e. The van der Waals surface area contributed by atoms with Gasteiger partial charge in [-0.15, -0.1) is 12.3 Å². The summed E-state index contributed by atoms with van der Waals surface area (Å²) in [7, 11) is 1.69. The standard InChI is InChI=1S/C8H13O/c1-4-6-7-8(5-2)9-3/h1,8H,2,5-7H2,3H3. The fourth-order valence-corrected chi connectivity index (χ4v) is 0.624. The van der Waals surface area contributed by atoms with E-state index in [0.717, 1.165) is 19.3 Å². The third-order valence-corrected chi connectivity index (χ3v) is 1.27. The number of terminal acetylenes is 1. The van der Waals surface area contributed by atoms with Gasteiger partial charge in [0.1, 0.15) is 0 Å². The van der Waals surface area contributed by atoms with Crippen LogP contribution in [0.5, 0.6) is 0 Å². The minimum Gasteiger partial charge on any atom is -0.381 e. The number of methoxy groups -OCH3 is 1. The number of rotatable bonds is 4. The molecule has 1 unspecified atom stereocenters. The van der Waals surface area contributed by atoms with Gasteiger partial charge in [-0.3, -0.25) is 0 Å². The molecule has 9 heavy (non-hydrogen) atoms. The summed E-state index contributed by atoms with van der Waals surface area (Å²) in [6, 6.07) is 0. The average molecular weight is 125 g/mol. The number of hydrogen-bond acceptors (Lipinski definition) is 1. The Labute approximate surface area is 57.4 Å². The molecule has 51 valence electrons. The molecule has 0 aliphatic rings. The monoisotopic (exact) mass is 125 g/mol. The van der Waals surface area contributed by atoms with Crippen LogP contribution in [0.4, 0.5) is 0 Å². The molecule has 0 aliphatic carbocycles. The molecule has 0 amide bonds. The first kappa shape index (κ1) is 8.52. The molecule has 0 heterocycles. The Kier molecular flexibility index (Phi) is 5.35. The van der Waals surface area contributed by atoms with Crippen molar-refractivity contribution in [1.29, 1.82) is 0 Å². The normalized spacial score (nSPS) is 12.6. The van der Waals surface area contributed by atoms with Crippen LogP contribution in [-0.4, -0.2) is 13.2 Å². The second-order valence-electron chi connectivity index (χ2n) is 1.89. The lowest BCUT2D eigenvalue weighted by atomic mass is 10.1. The van der Waals surface area contributed by atoms with Crippen LogP contribution in [0.15, 0.2) is 0 Å². The quantitative estimate of drug-likeness (QED) is 0.519. The van der Waals surface area contributed by atoms with Crippen molar-refractivity contribution < 1.29 is 4.74 Å². The Hall–Kier alpha value is -0.480. The summed E-state index contributed by atoms with van der Waals surface area (Å²) in [5.74, 6) is 2.56. The van der Waals surface area contributed by atoms with Crippen molar-refractivity contribution in [2.75, 3.05) is 7.11 Å². The molecule has 0 aromatic carbocycles. The smallest absolute Gasteiger partial charge is 0.0580 e. The highest BCUT2D eigenvalue weighted by Crippen LogP contribution is 2.03. The van der Waals surface area contributed by atoms with Gasteiger partial charge in [0, 0.05) is 13.5 Å². The molecule has 0 bridgehead atoms. The third kappa shape index (κ3) is 4.05. The molecule has 0 saturated carbocycles. The second-order valence-corrected chi connectivity index (χ2v) is 1.89. The maximum absolute atomic E-state index is 5.06. The van der Waals surface area contributed by atoms with E-state index in [-0.39, 0.29) is 6.10 Å². The molecule has 0 aliphatic heterocycles. The molecule has 0 aromatic heterocycles. The topological polar surface area (TPSA) is 9.23 Å². The molecule has 0 saturated heterocycles. The lowest BCUT2D eigenvalue weighted by molar-refractivity contribution is 0.0986. The molecule has 0 rings (SSSR count). The second kappa shape index (κ2) is 5.65. The molecule has 0 spiro atoms. The molecule has 0 aromatic rings. The van der Waals surface area contributed by atoms with Gasteiger partial charge in [0.25, 0.3) is 0 Å². The zero-order valence-electron chi connectivity index (χ0n) is 5.89. The SMILES string of the molecule is C#CCCC(C[CH2])OC. The summed E-state index contributed by atoms with van der Waals surface area (Å²) in [4.78, 5) is 0. The van der Waals surface area contributed by atoms with E-state index < -0.39 is 0 Å². The van der Waals surface area contributed by atoms with E-state index in [2.05, 4.69) is 12.8 Å². The van der Waals surface area contributed by atoms with Crippen LogP contribution in [0.25, 0.3) is 0 Å². The van der Waals surface area contributed by atoms with E-state index >= 15 is 0 Å². The van der Waals surface area contributed by atoms with Gasteiger partial charge in [-0.25, -0.2) is 0 Å². The van der Waals surface area contributed by atoms with Crippen LogP contribution in [-0.2, 0) is 4.74 Å². The van der Waals surface area contributed by atoms with Gasteiger partial charge < -0.3 is 4.74 Å². The summed E-state index contributed by atoms with van der Waals surface area (Å²) < 4.78 is 5.04. The highest BCUT2D eigenvalue weighted by Gasteiger charge is 2.00. The van der Waals surface area contributed by atoms with Gasteiger partial charge >= 0.3 is 0 Å². The van der Waals surface area contributed by atoms with Crippen LogP contribution in [0, 0.1) is 19.3 Å². The summed E-state index contributed by atoms with van der Waals surface area (Å²) in [5.41, 5.74) is 0. The predicted molar refractivity (Wildman–Crippen MR) is 38.8 cm³/mol. The van der Waals surface area contributed by atoms with E-state index in [1.54, 1.807) is 7.11 Å². The molecule has 1 heteroatoms. The van der Waals surface area contributed by atoms with E-state index in [0.29, 0.717) is 0 Å². The first-order valence-corrected chi connectivity index (χ1v) is 3.10. The van der Waals surface area contributed by atoms with E-state index in [9.17, 15) is 0 Å². The zero-order chi connectivity index (χ0) is 7.11. The minimum atomic E-state index is 0.251. The van der Waals surface area contributed by atoms with Crippen molar-refractivity contribution >= 4 is 0 Å². The van der Waals surface area contributed by atoms with Crippen LogP contribution in [0.2, 0.25) is 0 Å². The Bertz CT molecular complexity index is 87.2. The number of hydrogen-bond donors (Lipinski definition) is 0. The summed E-state index contributed by atoms with van der Waals surface area (Å²) >= 11 is 0. The predicted octanol–water partition coefficient (Wildman–Crippen LogP) is 1.64. The molecular formula is C8H13O. The molecule has 0 fully saturated rings. The lowest BCUT2D eigenvalue weighted by Gasteiger charge is -2.09. The van der Waals surface area contributed by atoms with Crippen LogP contribution < -0.4 is 0 Å². The van der Waals surface area contributed by atoms with Crippen LogP contribution >= 0.6 is 0 Å². The van der Waals surface area contributed by atoms with Crippen molar-refractivity contribution in [1.82, 2.24) is 0 Å². The summed E-state index contributed by atoms with van der Waals surface area (Å²) in [5, 5.41) is 0. The third-order valence-electron chi connectivity index (χ3n) is 1.27. The molecule has 1 radical (unpaired) electrons. The van der Waals surface area contributed by atoms with Crippen molar-refractivity contribution in [3.8, 4) is 12.3 Å². The van der Waals surface area contributed by atoms with Gasteiger partial charge in [0.15, 0.2) is 0 Å². The molecule has 1 atom stereocenters. The first-order chi connectivity index (χ1) is 4.35. The maximum atomic E-state index is 5.06. The Morgan fingerprint density at radius 1 is 1.78 bits per heavy atom. The Morgan fingerprint density at radius 2 is 2.44 bits per heavy atom. The lowest BCUT2D eigenvalue weighted by Crippen LogP contribution is -2.07.